The molecule has 1 N–H and O–H groups in total. The normalized spacial score (nSPS) is 12.7. The summed E-state index contributed by atoms with van der Waals surface area (Å²) in [4.78, 5) is 27.5. The van der Waals surface area contributed by atoms with Crippen molar-refractivity contribution in [2.45, 2.75) is 26.2 Å². The lowest BCUT2D eigenvalue weighted by atomic mass is 10.2. The number of likely N-dealkylation sites (N-methyl/N-ethyl adjacent to an activating group) is 1. The molecule has 0 spiro atoms. The molecule has 0 unspecified atom stereocenters. The number of rotatable bonds is 8. The number of ether oxygens (including phenoxy) is 2. The molecular formula is C21H25N3O4S. The lowest BCUT2D eigenvalue weighted by Crippen LogP contribution is -2.27. The maximum absolute atomic E-state index is 12.3. The number of aryl methyl sites for hydroxylation is 2. The second-order valence-electron chi connectivity index (χ2n) is 6.83. The summed E-state index contributed by atoms with van der Waals surface area (Å²) in [5, 5.41) is 4.05. The molecule has 1 heterocycles. The van der Waals surface area contributed by atoms with E-state index < -0.39 is 0 Å². The van der Waals surface area contributed by atoms with Crippen LogP contribution < -0.4 is 14.9 Å². The van der Waals surface area contributed by atoms with E-state index in [1.807, 2.05) is 13.0 Å². The zero-order valence-electron chi connectivity index (χ0n) is 16.9. The minimum absolute atomic E-state index is 0.0681. The van der Waals surface area contributed by atoms with E-state index in [1.54, 1.807) is 49.8 Å². The maximum Gasteiger partial charge on any atom is 0.281 e. The van der Waals surface area contributed by atoms with Crippen molar-refractivity contribution >= 4 is 29.4 Å². The summed E-state index contributed by atoms with van der Waals surface area (Å²) in [7, 11) is 3.35. The Balaban J connectivity index is 1.62. The fraction of sp³-hybridized carbons (Fsp3) is 0.381. The zero-order valence-corrected chi connectivity index (χ0v) is 17.7. The number of carbonyl (C=O) groups excluding carboxylic acids is 2. The molecule has 29 heavy (non-hydrogen) atoms. The van der Waals surface area contributed by atoms with E-state index in [4.69, 9.17) is 9.47 Å². The van der Waals surface area contributed by atoms with Crippen molar-refractivity contribution < 1.29 is 19.1 Å². The van der Waals surface area contributed by atoms with Crippen LogP contribution in [-0.2, 0) is 17.6 Å². The van der Waals surface area contributed by atoms with Crippen molar-refractivity contribution in [1.82, 2.24) is 10.3 Å². The molecule has 2 aromatic rings. The van der Waals surface area contributed by atoms with Gasteiger partial charge in [-0.25, -0.2) is 5.43 Å². The minimum atomic E-state index is -0.201. The highest BCUT2D eigenvalue weighted by Gasteiger charge is 2.18. The number of hydrogen-bond donors (Lipinski definition) is 1. The summed E-state index contributed by atoms with van der Waals surface area (Å²) < 4.78 is 11.2. The number of hydrazone groups is 1. The second kappa shape index (κ2) is 9.56. The second-order valence-corrected chi connectivity index (χ2v) is 7.96. The van der Waals surface area contributed by atoms with Gasteiger partial charge in [-0.1, -0.05) is 0 Å². The predicted molar refractivity (Wildman–Crippen MR) is 113 cm³/mol. The number of carbonyl (C=O) groups is 2. The third-order valence-electron chi connectivity index (χ3n) is 4.47. The average Bonchev–Trinajstić information content (AvgIpc) is 3.29. The van der Waals surface area contributed by atoms with Gasteiger partial charge in [0.2, 0.25) is 0 Å². The van der Waals surface area contributed by atoms with E-state index in [1.165, 1.54) is 21.8 Å². The highest BCUT2D eigenvalue weighted by molar-refractivity contribution is 7.14. The van der Waals surface area contributed by atoms with Gasteiger partial charge >= 0.3 is 0 Å². The number of thiophene rings is 1. The number of benzene rings is 1. The zero-order chi connectivity index (χ0) is 20.8. The Morgan fingerprint density at radius 2 is 2.03 bits per heavy atom. The van der Waals surface area contributed by atoms with Crippen LogP contribution in [0.5, 0.6) is 11.5 Å². The molecule has 0 aliphatic heterocycles. The van der Waals surface area contributed by atoms with E-state index in [9.17, 15) is 9.59 Å². The Morgan fingerprint density at radius 1 is 1.21 bits per heavy atom. The first-order valence-corrected chi connectivity index (χ1v) is 10.3. The molecule has 0 saturated heterocycles. The van der Waals surface area contributed by atoms with E-state index in [2.05, 4.69) is 10.5 Å². The lowest BCUT2D eigenvalue weighted by Gasteiger charge is -2.14. The predicted octanol–water partition coefficient (Wildman–Crippen LogP) is 2.87. The largest absolute Gasteiger partial charge is 0.490 e. The van der Waals surface area contributed by atoms with Crippen LogP contribution in [0.2, 0.25) is 0 Å². The van der Waals surface area contributed by atoms with Crippen LogP contribution in [0, 0.1) is 0 Å². The number of amides is 2. The van der Waals surface area contributed by atoms with Crippen molar-refractivity contribution in [3.63, 3.8) is 0 Å². The van der Waals surface area contributed by atoms with Crippen molar-refractivity contribution in [3.8, 4) is 11.5 Å². The van der Waals surface area contributed by atoms with Gasteiger partial charge in [-0.15, -0.1) is 11.3 Å². The molecule has 3 rings (SSSR count). The van der Waals surface area contributed by atoms with Gasteiger partial charge in [0.15, 0.2) is 18.1 Å². The van der Waals surface area contributed by atoms with Crippen molar-refractivity contribution in [2.75, 3.05) is 27.3 Å². The summed E-state index contributed by atoms with van der Waals surface area (Å²) in [6.45, 7) is 2.26. The third kappa shape index (κ3) is 5.35. The van der Waals surface area contributed by atoms with Gasteiger partial charge in [0, 0.05) is 19.0 Å². The van der Waals surface area contributed by atoms with Gasteiger partial charge in [-0.05, 0) is 61.6 Å². The van der Waals surface area contributed by atoms with Crippen LogP contribution in [0.1, 0.15) is 39.0 Å². The molecule has 1 aromatic carbocycles. The molecule has 0 radical (unpaired) electrons. The first-order valence-electron chi connectivity index (χ1n) is 9.52. The Morgan fingerprint density at radius 3 is 2.76 bits per heavy atom. The number of hydrogen-bond acceptors (Lipinski definition) is 6. The molecule has 0 bridgehead atoms. The van der Waals surface area contributed by atoms with E-state index in [0.717, 1.165) is 18.4 Å². The molecule has 1 aliphatic rings. The summed E-state index contributed by atoms with van der Waals surface area (Å²) in [6, 6.07) is 7.23. The quantitative estimate of drug-likeness (QED) is 0.531. The average molecular weight is 416 g/mol. The van der Waals surface area contributed by atoms with Crippen LogP contribution in [0.25, 0.3) is 0 Å². The molecule has 1 aliphatic carbocycles. The van der Waals surface area contributed by atoms with Gasteiger partial charge in [-0.3, -0.25) is 9.59 Å². The Kier molecular flexibility index (Phi) is 6.87. The van der Waals surface area contributed by atoms with Crippen LogP contribution >= 0.6 is 11.3 Å². The molecule has 8 heteroatoms. The molecule has 0 fully saturated rings. The van der Waals surface area contributed by atoms with E-state index >= 15 is 0 Å². The molecular weight excluding hydrogens is 390 g/mol. The van der Waals surface area contributed by atoms with Crippen molar-refractivity contribution in [2.24, 2.45) is 5.10 Å². The van der Waals surface area contributed by atoms with Gasteiger partial charge in [0.05, 0.1) is 17.7 Å². The fourth-order valence-electron chi connectivity index (χ4n) is 2.92. The topological polar surface area (TPSA) is 80.2 Å². The van der Waals surface area contributed by atoms with Crippen molar-refractivity contribution in [3.05, 3.63) is 45.1 Å². The van der Waals surface area contributed by atoms with Gasteiger partial charge in [0.25, 0.3) is 11.8 Å². The summed E-state index contributed by atoms with van der Waals surface area (Å²) in [6.07, 6.45) is 4.84. The SMILES string of the molecule is CCOc1cc(/C=N\NC(=O)c2cc3c(s2)CCC3)ccc1OCC(=O)N(C)C. The molecule has 7 nitrogen and oxygen atoms in total. The molecule has 2 amide bonds. The maximum atomic E-state index is 12.3. The van der Waals surface area contributed by atoms with Crippen molar-refractivity contribution in [1.29, 1.82) is 0 Å². The number of nitrogens with zero attached hydrogens (tertiary/aromatic N) is 2. The fourth-order valence-corrected chi connectivity index (χ4v) is 4.07. The smallest absolute Gasteiger partial charge is 0.281 e. The monoisotopic (exact) mass is 415 g/mol. The molecule has 0 saturated carbocycles. The van der Waals surface area contributed by atoms with E-state index in [-0.39, 0.29) is 18.4 Å². The third-order valence-corrected chi connectivity index (χ3v) is 5.70. The first kappa shape index (κ1) is 20.9. The Labute approximate surface area is 174 Å². The minimum Gasteiger partial charge on any atom is -0.490 e. The van der Waals surface area contributed by atoms with Gasteiger partial charge in [0.1, 0.15) is 0 Å². The number of fused-ring (bicyclic) bond motifs is 1. The van der Waals surface area contributed by atoms with Crippen LogP contribution in [0.15, 0.2) is 29.4 Å². The Hall–Kier alpha value is -2.87. The summed E-state index contributed by atoms with van der Waals surface area (Å²) >= 11 is 1.54. The summed E-state index contributed by atoms with van der Waals surface area (Å²) in [5.41, 5.74) is 4.60. The molecule has 0 atom stereocenters. The Bertz CT molecular complexity index is 899. The highest BCUT2D eigenvalue weighted by atomic mass is 32.1. The molecule has 154 valence electrons. The number of nitrogens with one attached hydrogen (secondary N) is 1. The lowest BCUT2D eigenvalue weighted by molar-refractivity contribution is -0.130. The summed E-state index contributed by atoms with van der Waals surface area (Å²) in [5.74, 6) is 0.661. The highest BCUT2D eigenvalue weighted by Crippen LogP contribution is 2.30. The standard InChI is InChI=1S/C21H25N3O4S/c1-4-27-17-10-14(8-9-16(17)28-13-20(25)24(2)3)12-22-23-21(26)19-11-15-6-5-7-18(15)29-19/h8-12H,4-7,13H2,1-3H3,(H,23,26)/b22-12-. The van der Waals surface area contributed by atoms with Crippen LogP contribution in [0.4, 0.5) is 0 Å². The van der Waals surface area contributed by atoms with Crippen LogP contribution in [0.3, 0.4) is 0 Å². The van der Waals surface area contributed by atoms with Gasteiger partial charge < -0.3 is 14.4 Å². The van der Waals surface area contributed by atoms with E-state index in [0.29, 0.717) is 23.0 Å². The van der Waals surface area contributed by atoms with Crippen LogP contribution in [-0.4, -0.2) is 50.2 Å². The first-order chi connectivity index (χ1) is 14.0. The molecule has 1 aromatic heterocycles. The van der Waals surface area contributed by atoms with Gasteiger partial charge in [-0.2, -0.15) is 5.10 Å².